The number of rotatable bonds is 3. The number of fused-ring (bicyclic) bond motifs is 1. The van der Waals surface area contributed by atoms with Gasteiger partial charge in [0.05, 0.1) is 11.5 Å². The highest BCUT2D eigenvalue weighted by molar-refractivity contribution is 5.89. The van der Waals surface area contributed by atoms with Crippen LogP contribution in [0.3, 0.4) is 0 Å². The first kappa shape index (κ1) is 18.3. The number of allylic oxidation sites excluding steroid dienone is 1. The Labute approximate surface area is 167 Å². The molecular weight excluding hydrogens is 375 g/mol. The quantitative estimate of drug-likeness (QED) is 0.721. The summed E-state index contributed by atoms with van der Waals surface area (Å²) in [5.41, 5.74) is 4.73. The van der Waals surface area contributed by atoms with Crippen LogP contribution in [0.2, 0.25) is 0 Å². The van der Waals surface area contributed by atoms with E-state index in [2.05, 4.69) is 26.3 Å². The van der Waals surface area contributed by atoms with Crippen molar-refractivity contribution in [3.05, 3.63) is 47.7 Å². The fraction of sp³-hybridized carbons (Fsp3) is 0.450. The van der Waals surface area contributed by atoms with Gasteiger partial charge in [0.15, 0.2) is 0 Å². The minimum absolute atomic E-state index is 0.0440. The molecule has 1 aromatic carbocycles. The van der Waals surface area contributed by atoms with Gasteiger partial charge in [0, 0.05) is 23.7 Å². The maximum atomic E-state index is 14.1. The van der Waals surface area contributed by atoms with Crippen molar-refractivity contribution in [2.24, 2.45) is 5.92 Å². The van der Waals surface area contributed by atoms with Gasteiger partial charge >= 0.3 is 0 Å². The van der Waals surface area contributed by atoms with Gasteiger partial charge in [-0.1, -0.05) is 12.1 Å². The largest absolute Gasteiger partial charge is 0.420 e. The molecule has 1 aromatic heterocycles. The first-order valence-electron chi connectivity index (χ1n) is 9.98. The van der Waals surface area contributed by atoms with E-state index >= 15 is 0 Å². The highest BCUT2D eigenvalue weighted by Crippen LogP contribution is 2.38. The first-order valence-corrected chi connectivity index (χ1v) is 9.98. The lowest BCUT2D eigenvalue weighted by Gasteiger charge is -2.38. The minimum Gasteiger partial charge on any atom is -0.420 e. The minimum atomic E-state index is -0.413. The number of piperidine rings is 1. The van der Waals surface area contributed by atoms with E-state index in [1.54, 1.807) is 24.3 Å². The third-order valence-corrected chi connectivity index (χ3v) is 5.93. The molecule has 0 radical (unpaired) electrons. The molecule has 3 N–H and O–H groups in total. The van der Waals surface area contributed by atoms with Gasteiger partial charge in [-0.3, -0.25) is 9.80 Å². The molecule has 152 valence electrons. The summed E-state index contributed by atoms with van der Waals surface area (Å²) in [6.45, 7) is 3.90. The number of carbonyl (C=O) groups is 1. The summed E-state index contributed by atoms with van der Waals surface area (Å²) >= 11 is 0. The van der Waals surface area contributed by atoms with Crippen LogP contribution in [-0.4, -0.2) is 46.4 Å². The predicted molar refractivity (Wildman–Crippen MR) is 102 cm³/mol. The van der Waals surface area contributed by atoms with Crippen molar-refractivity contribution in [3.8, 4) is 11.5 Å². The number of amides is 1. The number of hydrazine groups is 1. The number of aromatic nitrogens is 2. The third-order valence-electron chi connectivity index (χ3n) is 5.93. The first-order chi connectivity index (χ1) is 14.1. The van der Waals surface area contributed by atoms with Gasteiger partial charge in [-0.25, -0.2) is 9.82 Å². The number of nitrogens with zero attached hydrogens (tertiary/aromatic N) is 3. The van der Waals surface area contributed by atoms with E-state index in [9.17, 15) is 9.18 Å². The van der Waals surface area contributed by atoms with Gasteiger partial charge in [0.2, 0.25) is 11.8 Å². The van der Waals surface area contributed by atoms with E-state index in [0.717, 1.165) is 31.6 Å². The molecule has 0 bridgehead atoms. The standard InChI is InChI=1S/C20H23FN6O2/c1-11-17(20-25-24-19(29-20)13-4-2-3-5-14(13)21)18-23-16(28)10-15(27(18)26-11)12-6-8-22-9-7-12/h2-5,10-12,17-18,22,26H,6-9H2,1H3,(H,23,28). The summed E-state index contributed by atoms with van der Waals surface area (Å²) in [6, 6.07) is 6.26. The average Bonchev–Trinajstić information content (AvgIpc) is 3.32. The summed E-state index contributed by atoms with van der Waals surface area (Å²) in [7, 11) is 0. The maximum absolute atomic E-state index is 14.1. The Bertz CT molecular complexity index is 954. The van der Waals surface area contributed by atoms with Crippen LogP contribution in [-0.2, 0) is 4.79 Å². The molecule has 3 atom stereocenters. The molecule has 5 rings (SSSR count). The molecule has 1 amide bonds. The number of benzene rings is 1. The zero-order valence-electron chi connectivity index (χ0n) is 16.1. The number of carbonyl (C=O) groups excluding carboxylic acids is 1. The van der Waals surface area contributed by atoms with Crippen LogP contribution in [0.25, 0.3) is 11.5 Å². The Morgan fingerprint density at radius 1 is 1.21 bits per heavy atom. The van der Waals surface area contributed by atoms with Gasteiger partial charge in [0.25, 0.3) is 5.89 Å². The Kier molecular flexibility index (Phi) is 4.56. The van der Waals surface area contributed by atoms with Crippen molar-refractivity contribution in [1.29, 1.82) is 0 Å². The molecular formula is C20H23FN6O2. The summed E-state index contributed by atoms with van der Waals surface area (Å²) in [6.07, 6.45) is 3.33. The van der Waals surface area contributed by atoms with Crippen LogP contribution in [0.15, 0.2) is 40.5 Å². The SMILES string of the molecule is CC1NN2C(C3CCNCC3)=CC(=O)NC2C1c1nnc(-c2ccccc2F)o1. The molecule has 8 nitrogen and oxygen atoms in total. The maximum Gasteiger partial charge on any atom is 0.250 e. The molecule has 2 aromatic rings. The van der Waals surface area contributed by atoms with Crippen molar-refractivity contribution in [2.45, 2.75) is 37.9 Å². The molecule has 2 fully saturated rings. The number of hydrogen-bond donors (Lipinski definition) is 3. The van der Waals surface area contributed by atoms with Gasteiger partial charge in [-0.05, 0) is 45.0 Å². The van der Waals surface area contributed by atoms with Crippen molar-refractivity contribution in [1.82, 2.24) is 31.3 Å². The molecule has 3 aliphatic rings. The highest BCUT2D eigenvalue weighted by Gasteiger charge is 2.48. The van der Waals surface area contributed by atoms with Crippen LogP contribution in [0, 0.1) is 11.7 Å². The third kappa shape index (κ3) is 3.20. The van der Waals surface area contributed by atoms with E-state index in [1.165, 1.54) is 6.07 Å². The van der Waals surface area contributed by atoms with Gasteiger partial charge in [0.1, 0.15) is 12.0 Å². The van der Waals surface area contributed by atoms with Gasteiger partial charge in [-0.15, -0.1) is 10.2 Å². The van der Waals surface area contributed by atoms with E-state index in [1.807, 2.05) is 11.9 Å². The van der Waals surface area contributed by atoms with Crippen LogP contribution in [0.4, 0.5) is 4.39 Å². The van der Waals surface area contributed by atoms with Crippen molar-refractivity contribution in [2.75, 3.05) is 13.1 Å². The second-order valence-electron chi connectivity index (χ2n) is 7.79. The lowest BCUT2D eigenvalue weighted by Crippen LogP contribution is -2.54. The van der Waals surface area contributed by atoms with Crippen molar-refractivity contribution < 1.29 is 13.6 Å². The van der Waals surface area contributed by atoms with E-state index in [4.69, 9.17) is 4.42 Å². The van der Waals surface area contributed by atoms with E-state index in [0.29, 0.717) is 11.8 Å². The number of nitrogens with one attached hydrogen (secondary N) is 3. The number of halogens is 1. The average molecular weight is 398 g/mol. The van der Waals surface area contributed by atoms with Crippen LogP contribution in [0.5, 0.6) is 0 Å². The lowest BCUT2D eigenvalue weighted by molar-refractivity contribution is -0.119. The Balaban J connectivity index is 1.45. The van der Waals surface area contributed by atoms with Gasteiger partial charge in [-0.2, -0.15) is 0 Å². The fourth-order valence-electron chi connectivity index (χ4n) is 4.49. The Morgan fingerprint density at radius 2 is 2.00 bits per heavy atom. The fourth-order valence-corrected chi connectivity index (χ4v) is 4.49. The molecule has 3 aliphatic heterocycles. The second-order valence-corrected chi connectivity index (χ2v) is 7.79. The zero-order valence-corrected chi connectivity index (χ0v) is 16.1. The molecule has 0 saturated carbocycles. The molecule has 29 heavy (non-hydrogen) atoms. The van der Waals surface area contributed by atoms with Crippen LogP contribution >= 0.6 is 0 Å². The van der Waals surface area contributed by atoms with Crippen molar-refractivity contribution in [3.63, 3.8) is 0 Å². The molecule has 9 heteroatoms. The highest BCUT2D eigenvalue weighted by atomic mass is 19.1. The predicted octanol–water partition coefficient (Wildman–Crippen LogP) is 1.51. The van der Waals surface area contributed by atoms with Gasteiger partial charge < -0.3 is 15.1 Å². The summed E-state index contributed by atoms with van der Waals surface area (Å²) in [4.78, 5) is 12.4. The smallest absolute Gasteiger partial charge is 0.250 e. The Hall–Kier alpha value is -2.78. The monoisotopic (exact) mass is 398 g/mol. The van der Waals surface area contributed by atoms with E-state index < -0.39 is 5.82 Å². The molecule has 4 heterocycles. The summed E-state index contributed by atoms with van der Waals surface area (Å²) in [5.74, 6) is 0.0541. The van der Waals surface area contributed by atoms with E-state index in [-0.39, 0.29) is 35.5 Å². The normalized spacial score (nSPS) is 27.5. The van der Waals surface area contributed by atoms with Crippen molar-refractivity contribution >= 4 is 5.91 Å². The molecule has 2 saturated heterocycles. The number of hydrogen-bond acceptors (Lipinski definition) is 7. The lowest BCUT2D eigenvalue weighted by atomic mass is 9.91. The Morgan fingerprint density at radius 3 is 2.79 bits per heavy atom. The van der Waals surface area contributed by atoms with Crippen LogP contribution < -0.4 is 16.1 Å². The topological polar surface area (TPSA) is 95.3 Å². The molecule has 0 spiro atoms. The zero-order chi connectivity index (χ0) is 20.0. The molecule has 0 aliphatic carbocycles. The summed E-state index contributed by atoms with van der Waals surface area (Å²) < 4.78 is 20.0. The van der Waals surface area contributed by atoms with Crippen LogP contribution in [0.1, 0.15) is 31.6 Å². The second kappa shape index (κ2) is 7.23. The molecule has 3 unspecified atom stereocenters. The summed E-state index contributed by atoms with van der Waals surface area (Å²) in [5, 5.41) is 16.7.